The third-order valence-electron chi connectivity index (χ3n) is 1.99. The third-order valence-corrected chi connectivity index (χ3v) is 2.80. The number of aromatic nitrogens is 1. The van der Waals surface area contributed by atoms with Crippen molar-refractivity contribution in [3.8, 4) is 5.75 Å². The van der Waals surface area contributed by atoms with Gasteiger partial charge in [-0.15, -0.1) is 11.3 Å². The van der Waals surface area contributed by atoms with Crippen molar-refractivity contribution in [1.29, 1.82) is 0 Å². The van der Waals surface area contributed by atoms with E-state index in [1.807, 2.05) is 29.8 Å². The van der Waals surface area contributed by atoms with E-state index in [1.54, 1.807) is 35.6 Å². The summed E-state index contributed by atoms with van der Waals surface area (Å²) in [6.07, 6.45) is 0. The summed E-state index contributed by atoms with van der Waals surface area (Å²) in [5.41, 5.74) is 2.97. The van der Waals surface area contributed by atoms with Crippen LogP contribution in [-0.4, -0.2) is 20.2 Å². The Balaban J connectivity index is 0.000000166. The molecule has 1 N–H and O–H groups in total. The van der Waals surface area contributed by atoms with Crippen molar-refractivity contribution in [2.45, 2.75) is 0 Å². The molecule has 0 unspecified atom stereocenters. The minimum atomic E-state index is 0. The second-order valence-corrected chi connectivity index (χ2v) is 4.04. The summed E-state index contributed by atoms with van der Waals surface area (Å²) < 4.78 is 1.26. The van der Waals surface area contributed by atoms with Crippen LogP contribution in [0.2, 0.25) is 0 Å². The quantitative estimate of drug-likeness (QED) is 0.613. The molecule has 3 rings (SSSR count). The van der Waals surface area contributed by atoms with Crippen molar-refractivity contribution in [3.63, 3.8) is 0 Å². The van der Waals surface area contributed by atoms with E-state index in [0.717, 1.165) is 5.52 Å². The number of phenols is 1. The monoisotopic (exact) mass is 240 g/mol. The molecule has 0 amide bonds. The van der Waals surface area contributed by atoms with E-state index in [0.29, 0.717) is 5.75 Å². The Morgan fingerprint density at radius 2 is 1.53 bits per heavy atom. The molecule has 4 heteroatoms. The summed E-state index contributed by atoms with van der Waals surface area (Å²) in [6.45, 7) is 0. The van der Waals surface area contributed by atoms with Gasteiger partial charge in [0.15, 0.2) is 0 Å². The maximum absolute atomic E-state index is 8.63. The van der Waals surface area contributed by atoms with Gasteiger partial charge in [0.25, 0.3) is 0 Å². The van der Waals surface area contributed by atoms with E-state index in [-0.39, 0.29) is 10.1 Å². The van der Waals surface area contributed by atoms with Crippen LogP contribution in [0.5, 0.6) is 5.75 Å². The largest absolute Gasteiger partial charge is 0.245 e. The molecule has 2 nitrogen and oxygen atoms in total. The first-order valence-electron chi connectivity index (χ1n) is 4.88. The number of hydrogen-bond acceptors (Lipinski definition) is 3. The normalized spacial score (nSPS) is 8.94. The fourth-order valence-corrected chi connectivity index (χ4v) is 1.91. The number of rotatable bonds is 0. The minimum absolute atomic E-state index is 0. The van der Waals surface area contributed by atoms with Gasteiger partial charge in [0.05, 0.1) is 15.7 Å². The molecule has 0 aliphatic rings. The van der Waals surface area contributed by atoms with Crippen molar-refractivity contribution in [1.82, 2.24) is 4.98 Å². The first kappa shape index (κ1) is 13.4. The molecule has 1 aromatic heterocycles. The van der Waals surface area contributed by atoms with Crippen molar-refractivity contribution in [3.05, 3.63) is 60.1 Å². The molecule has 84 valence electrons. The first-order valence-corrected chi connectivity index (χ1v) is 5.76. The van der Waals surface area contributed by atoms with Gasteiger partial charge in [-0.25, -0.2) is 4.98 Å². The van der Waals surface area contributed by atoms with Gasteiger partial charge in [0.2, 0.25) is 0 Å². The van der Waals surface area contributed by atoms with Crippen LogP contribution in [0.15, 0.2) is 60.1 Å². The Kier molecular flexibility index (Phi) is 5.34. The van der Waals surface area contributed by atoms with Crippen molar-refractivity contribution >= 4 is 31.7 Å². The van der Waals surface area contributed by atoms with Crippen LogP contribution in [-0.2, 0) is 0 Å². The smallest absolute Gasteiger partial charge is 0.0812 e. The van der Waals surface area contributed by atoms with Crippen LogP contribution in [0.3, 0.4) is 0 Å². The van der Waals surface area contributed by atoms with Gasteiger partial charge in [0.1, 0.15) is 5.75 Å². The molecule has 0 spiro atoms. The molecule has 0 fully saturated rings. The van der Waals surface area contributed by atoms with Gasteiger partial charge in [-0.3, -0.25) is 0 Å². The summed E-state index contributed by atoms with van der Waals surface area (Å²) in [4.78, 5) is 4.14. The zero-order valence-electron chi connectivity index (χ0n) is 8.58. The number of fused-ring (bicyclic) bond motifs is 1. The Bertz CT molecular complexity index is 523. The summed E-state index contributed by atoms with van der Waals surface area (Å²) >= 11 is 1.68. The van der Waals surface area contributed by atoms with Crippen LogP contribution >= 0.6 is 11.3 Å². The van der Waals surface area contributed by atoms with Gasteiger partial charge >= 0.3 is 10.1 Å². The van der Waals surface area contributed by atoms with Gasteiger partial charge < -0.3 is 5.11 Å². The molecular formula is C13H13BeNOS. The number of hydrogen-bond donors (Lipinski definition) is 1. The fourth-order valence-electron chi connectivity index (χ4n) is 1.23. The predicted molar refractivity (Wildman–Crippen MR) is 76.3 cm³/mol. The Hall–Kier alpha value is -1.70. The van der Waals surface area contributed by atoms with Crippen LogP contribution < -0.4 is 0 Å². The zero-order chi connectivity index (χ0) is 11.2. The maximum Gasteiger partial charge on any atom is 0.0812 e. The van der Waals surface area contributed by atoms with Gasteiger partial charge in [-0.1, -0.05) is 30.3 Å². The second kappa shape index (κ2) is 6.79. The SMILES string of the molecule is Oc1ccccc1.[BeH2].c1ccc2scnc2c1. The van der Waals surface area contributed by atoms with Gasteiger partial charge in [-0.2, -0.15) is 0 Å². The summed E-state index contributed by atoms with van der Waals surface area (Å²) in [7, 11) is 0. The van der Waals surface area contributed by atoms with Gasteiger partial charge in [0, 0.05) is 0 Å². The summed E-state index contributed by atoms with van der Waals surface area (Å²) in [5, 5.41) is 8.63. The molecule has 3 aromatic rings. The molecule has 0 aliphatic carbocycles. The number of phenolic OH excluding ortho intramolecular Hbond substituents is 1. The molecule has 0 aliphatic heterocycles. The van der Waals surface area contributed by atoms with Gasteiger partial charge in [-0.05, 0) is 24.3 Å². The number of thiazole rings is 1. The molecule has 2 aromatic carbocycles. The van der Waals surface area contributed by atoms with Crippen LogP contribution in [0.4, 0.5) is 0 Å². The van der Waals surface area contributed by atoms with E-state index in [4.69, 9.17) is 5.11 Å². The number of benzene rings is 2. The van der Waals surface area contributed by atoms with E-state index in [9.17, 15) is 0 Å². The summed E-state index contributed by atoms with van der Waals surface area (Å²) in [6, 6.07) is 16.8. The molecule has 0 radical (unpaired) electrons. The maximum atomic E-state index is 8.63. The first-order chi connectivity index (χ1) is 7.86. The van der Waals surface area contributed by atoms with Crippen LogP contribution in [0, 0.1) is 0 Å². The number of nitrogens with zero attached hydrogens (tertiary/aromatic N) is 1. The standard InChI is InChI=1S/C7H5NS.C6H6O.Be.2H/c1-2-4-7-6(3-1)8-5-9-7;7-6-4-2-1-3-5-6;;;/h1-5H;1-5,7H;;;. The minimum Gasteiger partial charge on any atom is -0.245 e. The van der Waals surface area contributed by atoms with Crippen molar-refractivity contribution < 1.29 is 5.11 Å². The Morgan fingerprint density at radius 3 is 2.12 bits per heavy atom. The fraction of sp³-hybridized carbons (Fsp3) is 0. The molecule has 1 heterocycles. The average Bonchev–Trinajstić information content (AvgIpc) is 2.79. The van der Waals surface area contributed by atoms with E-state index in [1.165, 1.54) is 4.70 Å². The zero-order valence-corrected chi connectivity index (χ0v) is 9.39. The predicted octanol–water partition coefficient (Wildman–Crippen LogP) is 2.77. The molecule has 0 atom stereocenters. The van der Waals surface area contributed by atoms with E-state index in [2.05, 4.69) is 11.1 Å². The molecule has 0 saturated heterocycles. The van der Waals surface area contributed by atoms with E-state index < -0.39 is 0 Å². The van der Waals surface area contributed by atoms with Crippen LogP contribution in [0.25, 0.3) is 10.2 Å². The summed E-state index contributed by atoms with van der Waals surface area (Å²) in [5.74, 6) is 0.322. The van der Waals surface area contributed by atoms with Crippen molar-refractivity contribution in [2.24, 2.45) is 0 Å². The van der Waals surface area contributed by atoms with Crippen molar-refractivity contribution in [2.75, 3.05) is 0 Å². The molecular weight excluding hydrogens is 227 g/mol. The Labute approximate surface area is 108 Å². The average molecular weight is 240 g/mol. The molecule has 0 saturated carbocycles. The molecule has 0 bridgehead atoms. The second-order valence-electron chi connectivity index (χ2n) is 3.16. The molecule has 17 heavy (non-hydrogen) atoms. The third kappa shape index (κ3) is 3.98. The Morgan fingerprint density at radius 1 is 0.882 bits per heavy atom. The van der Waals surface area contributed by atoms with Crippen LogP contribution in [0.1, 0.15) is 0 Å². The van der Waals surface area contributed by atoms with E-state index >= 15 is 0 Å². The number of para-hydroxylation sites is 2. The number of aromatic hydroxyl groups is 1. The topological polar surface area (TPSA) is 33.1 Å².